The van der Waals surface area contributed by atoms with E-state index >= 15 is 0 Å². The molecule has 1 aromatic rings. The van der Waals surface area contributed by atoms with E-state index in [4.69, 9.17) is 0 Å². The largest absolute Gasteiger partial charge is 0.368 e. The zero-order valence-electron chi connectivity index (χ0n) is 12.2. The van der Waals surface area contributed by atoms with Gasteiger partial charge in [0.15, 0.2) is 0 Å². The van der Waals surface area contributed by atoms with Crippen LogP contribution in [0.25, 0.3) is 0 Å². The van der Waals surface area contributed by atoms with Gasteiger partial charge in [0.1, 0.15) is 6.34 Å². The fourth-order valence-corrected chi connectivity index (χ4v) is 2.63. The Morgan fingerprint density at radius 2 is 1.89 bits per heavy atom. The molecule has 1 rings (SSSR count). The lowest BCUT2D eigenvalue weighted by molar-refractivity contribution is 0.411. The summed E-state index contributed by atoms with van der Waals surface area (Å²) in [6.07, 6.45) is 2.12. The second kappa shape index (κ2) is 5.74. The Kier molecular flexibility index (Phi) is 4.74. The van der Waals surface area contributed by atoms with Crippen LogP contribution in [0.3, 0.4) is 0 Å². The minimum Gasteiger partial charge on any atom is -0.368 e. The lowest BCUT2D eigenvalue weighted by Crippen LogP contribution is -2.11. The Hall–Kier alpha value is -1.36. The Labute approximate surface area is 116 Å². The van der Waals surface area contributed by atoms with Crippen LogP contribution in [0.1, 0.15) is 26.3 Å². The molecule has 0 amide bonds. The highest BCUT2D eigenvalue weighted by atomic mass is 32.2. The lowest BCUT2D eigenvalue weighted by atomic mass is 9.88. The van der Waals surface area contributed by atoms with Gasteiger partial charge in [-0.3, -0.25) is 0 Å². The van der Waals surface area contributed by atoms with Crippen LogP contribution < -0.4 is 0 Å². The normalized spacial score (nSPS) is 12.9. The van der Waals surface area contributed by atoms with Crippen LogP contribution >= 0.6 is 0 Å². The molecule has 0 bridgehead atoms. The minimum atomic E-state index is -3.61. The SMILES string of the molecule is CN(C)C=NS(=O)(=O)c1cccc(CC(C)(C)C)c1. The zero-order chi connectivity index (χ0) is 14.7. The van der Waals surface area contributed by atoms with Crippen molar-refractivity contribution in [1.29, 1.82) is 0 Å². The Balaban J connectivity index is 3.06. The minimum absolute atomic E-state index is 0.120. The summed E-state index contributed by atoms with van der Waals surface area (Å²) in [5.74, 6) is 0. The van der Waals surface area contributed by atoms with E-state index in [-0.39, 0.29) is 10.3 Å². The van der Waals surface area contributed by atoms with Crippen LogP contribution in [0.5, 0.6) is 0 Å². The first-order chi connectivity index (χ1) is 8.60. The lowest BCUT2D eigenvalue weighted by Gasteiger charge is -2.18. The average molecular weight is 282 g/mol. The van der Waals surface area contributed by atoms with Crippen molar-refractivity contribution < 1.29 is 8.42 Å². The maximum atomic E-state index is 12.0. The summed E-state index contributed by atoms with van der Waals surface area (Å²) in [6.45, 7) is 6.37. The smallest absolute Gasteiger partial charge is 0.283 e. The number of hydrogen-bond acceptors (Lipinski definition) is 2. The predicted octanol–water partition coefficient (Wildman–Crippen LogP) is 2.55. The summed E-state index contributed by atoms with van der Waals surface area (Å²) in [5, 5.41) is 0. The van der Waals surface area contributed by atoms with E-state index in [0.29, 0.717) is 0 Å². The van der Waals surface area contributed by atoms with Crippen molar-refractivity contribution in [2.75, 3.05) is 14.1 Å². The molecule has 19 heavy (non-hydrogen) atoms. The molecule has 1 aromatic carbocycles. The van der Waals surface area contributed by atoms with Gasteiger partial charge < -0.3 is 4.90 Å². The van der Waals surface area contributed by atoms with Crippen LogP contribution in [0, 0.1) is 5.41 Å². The third-order valence-corrected chi connectivity index (χ3v) is 3.57. The molecule has 0 unspecified atom stereocenters. The van der Waals surface area contributed by atoms with Gasteiger partial charge in [-0.2, -0.15) is 8.42 Å². The fourth-order valence-electron chi connectivity index (χ4n) is 1.65. The molecule has 0 aliphatic rings. The van der Waals surface area contributed by atoms with E-state index in [2.05, 4.69) is 25.2 Å². The molecular weight excluding hydrogens is 260 g/mol. The third-order valence-electron chi connectivity index (χ3n) is 2.35. The van der Waals surface area contributed by atoms with Crippen molar-refractivity contribution in [3.8, 4) is 0 Å². The molecule has 0 radical (unpaired) electrons. The second-order valence-corrected chi connectivity index (χ2v) is 7.68. The van der Waals surface area contributed by atoms with Gasteiger partial charge in [-0.05, 0) is 29.5 Å². The van der Waals surface area contributed by atoms with Crippen LogP contribution in [-0.2, 0) is 16.4 Å². The van der Waals surface area contributed by atoms with Crippen molar-refractivity contribution in [2.45, 2.75) is 32.1 Å². The van der Waals surface area contributed by atoms with Crippen molar-refractivity contribution in [2.24, 2.45) is 9.81 Å². The molecule has 5 heteroatoms. The number of hydrogen-bond donors (Lipinski definition) is 0. The Morgan fingerprint density at radius 3 is 2.42 bits per heavy atom. The Morgan fingerprint density at radius 1 is 1.26 bits per heavy atom. The molecular formula is C14H22N2O2S. The maximum Gasteiger partial charge on any atom is 0.283 e. The van der Waals surface area contributed by atoms with E-state index < -0.39 is 10.0 Å². The van der Waals surface area contributed by atoms with Crippen molar-refractivity contribution in [3.05, 3.63) is 29.8 Å². The molecule has 0 fully saturated rings. The summed E-state index contributed by atoms with van der Waals surface area (Å²) in [7, 11) is -0.143. The first kappa shape index (κ1) is 15.7. The molecule has 0 saturated carbocycles. The molecule has 4 nitrogen and oxygen atoms in total. The first-order valence-electron chi connectivity index (χ1n) is 6.16. The highest BCUT2D eigenvalue weighted by Gasteiger charge is 2.15. The number of rotatable bonds is 4. The fraction of sp³-hybridized carbons (Fsp3) is 0.500. The molecule has 0 aliphatic carbocycles. The topological polar surface area (TPSA) is 49.7 Å². The van der Waals surface area contributed by atoms with Crippen molar-refractivity contribution >= 4 is 16.4 Å². The highest BCUT2D eigenvalue weighted by molar-refractivity contribution is 7.90. The quantitative estimate of drug-likeness (QED) is 0.630. The number of nitrogens with zero attached hydrogens (tertiary/aromatic N) is 2. The standard InChI is InChI=1S/C14H22N2O2S/c1-14(2,3)10-12-7-6-8-13(9-12)19(17,18)15-11-16(4)5/h6-9,11H,10H2,1-5H3. The van der Waals surface area contributed by atoms with Gasteiger partial charge in [-0.15, -0.1) is 4.40 Å². The van der Waals surface area contributed by atoms with Crippen molar-refractivity contribution in [1.82, 2.24) is 4.90 Å². The zero-order valence-corrected chi connectivity index (χ0v) is 13.0. The van der Waals surface area contributed by atoms with E-state index in [1.807, 2.05) is 6.07 Å². The third kappa shape index (κ3) is 5.42. The molecule has 0 saturated heterocycles. The molecule has 0 aliphatic heterocycles. The molecule has 0 N–H and O–H groups in total. The van der Waals surface area contributed by atoms with Gasteiger partial charge in [0.25, 0.3) is 10.0 Å². The number of benzene rings is 1. The summed E-state index contributed by atoms with van der Waals surface area (Å²) in [4.78, 5) is 1.84. The van der Waals surface area contributed by atoms with Crippen LogP contribution in [0.2, 0.25) is 0 Å². The average Bonchev–Trinajstić information content (AvgIpc) is 2.24. The van der Waals surface area contributed by atoms with Gasteiger partial charge in [-0.25, -0.2) is 0 Å². The van der Waals surface area contributed by atoms with Gasteiger partial charge in [0.2, 0.25) is 0 Å². The summed E-state index contributed by atoms with van der Waals surface area (Å²) in [5.41, 5.74) is 1.13. The van der Waals surface area contributed by atoms with Crippen LogP contribution in [-0.4, -0.2) is 33.8 Å². The van der Waals surface area contributed by atoms with E-state index in [1.54, 1.807) is 37.2 Å². The summed E-state index contributed by atoms with van der Waals surface area (Å²) in [6, 6.07) is 6.99. The molecule has 0 aromatic heterocycles. The van der Waals surface area contributed by atoms with Gasteiger partial charge in [-0.1, -0.05) is 32.9 Å². The second-order valence-electron chi connectivity index (χ2n) is 6.04. The van der Waals surface area contributed by atoms with Crippen LogP contribution in [0.15, 0.2) is 33.6 Å². The molecule has 0 heterocycles. The van der Waals surface area contributed by atoms with E-state index in [1.165, 1.54) is 6.34 Å². The van der Waals surface area contributed by atoms with E-state index in [9.17, 15) is 8.42 Å². The van der Waals surface area contributed by atoms with Gasteiger partial charge in [0, 0.05) is 14.1 Å². The van der Waals surface area contributed by atoms with Gasteiger partial charge in [0.05, 0.1) is 4.90 Å². The maximum absolute atomic E-state index is 12.0. The molecule has 106 valence electrons. The molecule has 0 spiro atoms. The summed E-state index contributed by atoms with van der Waals surface area (Å²) >= 11 is 0. The van der Waals surface area contributed by atoms with Crippen molar-refractivity contribution in [3.63, 3.8) is 0 Å². The number of sulfonamides is 1. The van der Waals surface area contributed by atoms with Crippen LogP contribution in [0.4, 0.5) is 0 Å². The van der Waals surface area contributed by atoms with E-state index in [0.717, 1.165) is 12.0 Å². The first-order valence-corrected chi connectivity index (χ1v) is 7.60. The summed E-state index contributed by atoms with van der Waals surface area (Å²) < 4.78 is 27.7. The monoisotopic (exact) mass is 282 g/mol. The molecule has 0 atom stereocenters. The Bertz CT molecular complexity index is 555. The predicted molar refractivity (Wildman–Crippen MR) is 79.0 cm³/mol. The van der Waals surface area contributed by atoms with Gasteiger partial charge >= 0.3 is 0 Å². The highest BCUT2D eigenvalue weighted by Crippen LogP contribution is 2.22.